The molecule has 0 radical (unpaired) electrons. The molecule has 0 fully saturated rings. The highest BCUT2D eigenvalue weighted by atomic mass is 16.2. The Kier molecular flexibility index (Phi) is 2.22. The molecule has 2 aromatic carbocycles. The number of para-hydroxylation sites is 1. The van der Waals surface area contributed by atoms with Gasteiger partial charge in [-0.2, -0.15) is 0 Å². The van der Waals surface area contributed by atoms with Gasteiger partial charge in [0.2, 0.25) is 0 Å². The molecule has 1 amide bonds. The predicted molar refractivity (Wildman–Crippen MR) is 78.7 cm³/mol. The van der Waals surface area contributed by atoms with E-state index in [1.807, 2.05) is 36.2 Å². The maximum atomic E-state index is 12.6. The number of nitrogens with one attached hydrogen (secondary N) is 1. The second-order valence-corrected chi connectivity index (χ2v) is 5.69. The average Bonchev–Trinajstić information content (AvgIpc) is 2.84. The number of hydrogen-bond acceptors (Lipinski definition) is 2. The maximum Gasteiger partial charge on any atom is 0.257 e. The predicted octanol–water partition coefficient (Wildman–Crippen LogP) is 2.68. The lowest BCUT2D eigenvalue weighted by atomic mass is 9.97. The van der Waals surface area contributed by atoms with Gasteiger partial charge in [-0.15, -0.1) is 0 Å². The molecule has 3 nitrogen and oxygen atoms in total. The Balaban J connectivity index is 1.81. The zero-order valence-electron chi connectivity index (χ0n) is 11.4. The SMILES string of the molecule is CN1C(=O)c2ccccc2NC12Cc1ccccc1C2. The molecule has 1 N–H and O–H groups in total. The molecule has 1 aliphatic heterocycles. The normalized spacial score (nSPS) is 18.6. The Labute approximate surface area is 118 Å². The lowest BCUT2D eigenvalue weighted by Crippen LogP contribution is -2.59. The summed E-state index contributed by atoms with van der Waals surface area (Å²) in [7, 11) is 1.90. The van der Waals surface area contributed by atoms with Gasteiger partial charge in [-0.1, -0.05) is 36.4 Å². The topological polar surface area (TPSA) is 32.3 Å². The maximum absolute atomic E-state index is 12.6. The Hall–Kier alpha value is -2.29. The van der Waals surface area contributed by atoms with Crippen LogP contribution in [0.2, 0.25) is 0 Å². The van der Waals surface area contributed by atoms with E-state index in [-0.39, 0.29) is 11.6 Å². The van der Waals surface area contributed by atoms with Gasteiger partial charge in [-0.25, -0.2) is 0 Å². The van der Waals surface area contributed by atoms with Gasteiger partial charge in [-0.05, 0) is 23.3 Å². The van der Waals surface area contributed by atoms with Crippen LogP contribution in [-0.2, 0) is 12.8 Å². The molecule has 2 aromatic rings. The summed E-state index contributed by atoms with van der Waals surface area (Å²) in [6.45, 7) is 0. The Morgan fingerprint density at radius 2 is 1.60 bits per heavy atom. The first-order chi connectivity index (χ1) is 9.70. The van der Waals surface area contributed by atoms with Crippen molar-refractivity contribution in [1.82, 2.24) is 4.90 Å². The van der Waals surface area contributed by atoms with Crippen LogP contribution in [0.5, 0.6) is 0 Å². The number of benzene rings is 2. The van der Waals surface area contributed by atoms with Crippen LogP contribution in [0.15, 0.2) is 48.5 Å². The van der Waals surface area contributed by atoms with Gasteiger partial charge in [0.25, 0.3) is 5.91 Å². The first kappa shape index (κ1) is 11.5. The quantitative estimate of drug-likeness (QED) is 0.793. The summed E-state index contributed by atoms with van der Waals surface area (Å²) in [5.41, 5.74) is 4.06. The van der Waals surface area contributed by atoms with Gasteiger partial charge in [0, 0.05) is 25.6 Å². The summed E-state index contributed by atoms with van der Waals surface area (Å²) >= 11 is 0. The fourth-order valence-electron chi connectivity index (χ4n) is 3.41. The minimum atomic E-state index is -0.310. The average molecular weight is 264 g/mol. The highest BCUT2D eigenvalue weighted by Gasteiger charge is 2.46. The molecule has 1 heterocycles. The number of nitrogens with zero attached hydrogens (tertiary/aromatic N) is 1. The van der Waals surface area contributed by atoms with Crippen LogP contribution in [-0.4, -0.2) is 23.5 Å². The number of likely N-dealkylation sites (N-methyl/N-ethyl adjacent to an activating group) is 1. The van der Waals surface area contributed by atoms with Crippen molar-refractivity contribution in [2.24, 2.45) is 0 Å². The van der Waals surface area contributed by atoms with E-state index in [0.29, 0.717) is 0 Å². The number of rotatable bonds is 0. The summed E-state index contributed by atoms with van der Waals surface area (Å²) in [6.07, 6.45) is 1.72. The molecule has 0 saturated heterocycles. The number of amides is 1. The highest BCUT2D eigenvalue weighted by Crippen LogP contribution is 2.39. The molecule has 20 heavy (non-hydrogen) atoms. The number of hydrogen-bond donors (Lipinski definition) is 1. The summed E-state index contributed by atoms with van der Waals surface area (Å²) < 4.78 is 0. The molecule has 1 spiro atoms. The van der Waals surface area contributed by atoms with Gasteiger partial charge in [-0.3, -0.25) is 4.79 Å². The summed E-state index contributed by atoms with van der Waals surface area (Å²) in [4.78, 5) is 14.5. The standard InChI is InChI=1S/C17H16N2O/c1-19-16(20)14-8-4-5-9-15(14)18-17(19)10-12-6-2-3-7-13(12)11-17/h2-9,18H,10-11H2,1H3. The molecule has 0 atom stereocenters. The van der Waals surface area contributed by atoms with Crippen LogP contribution < -0.4 is 5.32 Å². The van der Waals surface area contributed by atoms with Crippen molar-refractivity contribution >= 4 is 11.6 Å². The van der Waals surface area contributed by atoms with Crippen molar-refractivity contribution in [3.8, 4) is 0 Å². The monoisotopic (exact) mass is 264 g/mol. The summed E-state index contributed by atoms with van der Waals surface area (Å²) in [5.74, 6) is 0.104. The second kappa shape index (κ2) is 3.85. The highest BCUT2D eigenvalue weighted by molar-refractivity contribution is 6.02. The minimum Gasteiger partial charge on any atom is -0.361 e. The van der Waals surface area contributed by atoms with Gasteiger partial charge in [0.1, 0.15) is 5.66 Å². The van der Waals surface area contributed by atoms with Crippen LogP contribution in [0.3, 0.4) is 0 Å². The fraction of sp³-hybridized carbons (Fsp3) is 0.235. The van der Waals surface area contributed by atoms with E-state index in [2.05, 4.69) is 29.6 Å². The zero-order chi connectivity index (χ0) is 13.7. The molecule has 0 aromatic heterocycles. The molecule has 3 heteroatoms. The van der Waals surface area contributed by atoms with Crippen LogP contribution in [0.4, 0.5) is 5.69 Å². The minimum absolute atomic E-state index is 0.104. The van der Waals surface area contributed by atoms with Gasteiger partial charge < -0.3 is 10.2 Å². The first-order valence-corrected chi connectivity index (χ1v) is 6.92. The lowest BCUT2D eigenvalue weighted by Gasteiger charge is -2.44. The smallest absolute Gasteiger partial charge is 0.257 e. The third kappa shape index (κ3) is 1.43. The van der Waals surface area contributed by atoms with E-state index in [4.69, 9.17) is 0 Å². The van der Waals surface area contributed by atoms with E-state index >= 15 is 0 Å². The fourth-order valence-corrected chi connectivity index (χ4v) is 3.41. The van der Waals surface area contributed by atoms with E-state index in [9.17, 15) is 4.79 Å². The van der Waals surface area contributed by atoms with Gasteiger partial charge in [0.15, 0.2) is 0 Å². The third-order valence-electron chi connectivity index (χ3n) is 4.56. The van der Waals surface area contributed by atoms with Crippen LogP contribution in [0, 0.1) is 0 Å². The lowest BCUT2D eigenvalue weighted by molar-refractivity contribution is 0.0606. The van der Waals surface area contributed by atoms with Crippen molar-refractivity contribution < 1.29 is 4.79 Å². The first-order valence-electron chi connectivity index (χ1n) is 6.92. The molecule has 4 rings (SSSR count). The molecular formula is C17H16N2O. The van der Waals surface area contributed by atoms with Crippen LogP contribution in [0.25, 0.3) is 0 Å². The summed E-state index contributed by atoms with van der Waals surface area (Å²) in [5, 5.41) is 3.60. The number of carbonyl (C=O) groups excluding carboxylic acids is 1. The van der Waals surface area contributed by atoms with Crippen molar-refractivity contribution in [3.63, 3.8) is 0 Å². The molecule has 1 aliphatic carbocycles. The van der Waals surface area contributed by atoms with Crippen LogP contribution >= 0.6 is 0 Å². The Morgan fingerprint density at radius 3 is 2.30 bits per heavy atom. The largest absolute Gasteiger partial charge is 0.361 e. The molecule has 0 unspecified atom stereocenters. The molecular weight excluding hydrogens is 248 g/mol. The van der Waals surface area contributed by atoms with E-state index in [1.165, 1.54) is 11.1 Å². The number of carbonyl (C=O) groups is 1. The number of fused-ring (bicyclic) bond motifs is 2. The van der Waals surface area contributed by atoms with Crippen molar-refractivity contribution in [2.45, 2.75) is 18.5 Å². The van der Waals surface area contributed by atoms with E-state index in [0.717, 1.165) is 24.1 Å². The van der Waals surface area contributed by atoms with Crippen molar-refractivity contribution in [2.75, 3.05) is 12.4 Å². The Morgan fingerprint density at radius 1 is 1.00 bits per heavy atom. The van der Waals surface area contributed by atoms with E-state index in [1.54, 1.807) is 0 Å². The van der Waals surface area contributed by atoms with Crippen molar-refractivity contribution in [3.05, 3.63) is 65.2 Å². The second-order valence-electron chi connectivity index (χ2n) is 5.69. The van der Waals surface area contributed by atoms with Gasteiger partial charge >= 0.3 is 0 Å². The third-order valence-corrected chi connectivity index (χ3v) is 4.56. The molecule has 0 bridgehead atoms. The molecule has 0 saturated carbocycles. The van der Waals surface area contributed by atoms with Gasteiger partial charge in [0.05, 0.1) is 5.56 Å². The summed E-state index contributed by atoms with van der Waals surface area (Å²) in [6, 6.07) is 16.2. The molecule has 2 aliphatic rings. The van der Waals surface area contributed by atoms with Crippen molar-refractivity contribution in [1.29, 1.82) is 0 Å². The Bertz CT molecular complexity index is 683. The molecule has 100 valence electrons. The van der Waals surface area contributed by atoms with Crippen LogP contribution in [0.1, 0.15) is 21.5 Å². The zero-order valence-corrected chi connectivity index (χ0v) is 11.4. The van der Waals surface area contributed by atoms with E-state index < -0.39 is 0 Å². The number of anilines is 1.